The van der Waals surface area contributed by atoms with Crippen LogP contribution >= 0.6 is 11.8 Å². The highest BCUT2D eigenvalue weighted by Gasteiger charge is 2.27. The fourth-order valence-electron chi connectivity index (χ4n) is 2.77. The average molecular weight is 400 g/mol. The molecular formula is C20H20N2O5S. The maximum Gasteiger partial charge on any atom is 0.306 e. The average Bonchev–Trinajstić information content (AvgIpc) is 3.13. The van der Waals surface area contributed by atoms with Crippen LogP contribution in [0.3, 0.4) is 0 Å². The number of carbonyl (C=O) groups excluding carboxylic acids is 1. The Morgan fingerprint density at radius 3 is 2.75 bits per heavy atom. The van der Waals surface area contributed by atoms with Gasteiger partial charge in [-0.1, -0.05) is 18.2 Å². The molecule has 0 radical (unpaired) electrons. The normalized spacial score (nSPS) is 11.9. The Labute approximate surface area is 166 Å². The number of ether oxygens (including phenoxy) is 1. The van der Waals surface area contributed by atoms with E-state index >= 15 is 0 Å². The van der Waals surface area contributed by atoms with Crippen molar-refractivity contribution in [1.82, 2.24) is 9.78 Å². The molecular weight excluding hydrogens is 380 g/mol. The molecule has 0 aliphatic carbocycles. The number of nitrogens with zero attached hydrogens (tertiary/aromatic N) is 2. The third kappa shape index (κ3) is 4.64. The summed E-state index contributed by atoms with van der Waals surface area (Å²) in [4.78, 5) is 25.3. The summed E-state index contributed by atoms with van der Waals surface area (Å²) >= 11 is 1.50. The monoisotopic (exact) mass is 400 g/mol. The molecule has 1 N–H and O–H groups in total. The van der Waals surface area contributed by atoms with Crippen molar-refractivity contribution < 1.29 is 19.1 Å². The third-order valence-electron chi connectivity index (χ3n) is 4.17. The smallest absolute Gasteiger partial charge is 0.306 e. The molecule has 0 aliphatic heterocycles. The number of benzene rings is 1. The van der Waals surface area contributed by atoms with Gasteiger partial charge in [-0.15, -0.1) is 11.8 Å². The molecule has 28 heavy (non-hydrogen) atoms. The standard InChI is InChI=1S/C20H20N2O5S/c1-22-11-13(10-21-22)16(9-18(24)26-2)20-19(25)17(23)8-14(27-20)12-28-15-6-4-3-5-7-15/h3-8,10-11,16,25H,9,12H2,1-2H3/t16-/m1/s1. The minimum Gasteiger partial charge on any atom is -0.502 e. The first-order valence-corrected chi connectivity index (χ1v) is 9.55. The van der Waals surface area contributed by atoms with Crippen LogP contribution in [0.5, 0.6) is 5.75 Å². The molecule has 3 aromatic rings. The lowest BCUT2D eigenvalue weighted by atomic mass is 9.95. The Morgan fingerprint density at radius 1 is 1.36 bits per heavy atom. The van der Waals surface area contributed by atoms with Crippen molar-refractivity contribution in [3.05, 3.63) is 76.1 Å². The van der Waals surface area contributed by atoms with E-state index in [9.17, 15) is 14.7 Å². The summed E-state index contributed by atoms with van der Waals surface area (Å²) in [5.41, 5.74) is 0.0860. The van der Waals surface area contributed by atoms with Crippen LogP contribution in [0.4, 0.5) is 0 Å². The molecule has 0 spiro atoms. The lowest BCUT2D eigenvalue weighted by Gasteiger charge is -2.15. The number of rotatable bonds is 7. The first-order chi connectivity index (χ1) is 13.5. The van der Waals surface area contributed by atoms with Gasteiger partial charge in [-0.2, -0.15) is 5.10 Å². The van der Waals surface area contributed by atoms with E-state index in [0.717, 1.165) is 4.90 Å². The molecule has 1 aromatic carbocycles. The van der Waals surface area contributed by atoms with Gasteiger partial charge in [0.25, 0.3) is 0 Å². The van der Waals surface area contributed by atoms with Gasteiger partial charge >= 0.3 is 5.97 Å². The number of esters is 1. The van der Waals surface area contributed by atoms with E-state index in [1.54, 1.807) is 24.1 Å². The molecule has 8 heteroatoms. The van der Waals surface area contributed by atoms with Gasteiger partial charge in [-0.3, -0.25) is 14.3 Å². The van der Waals surface area contributed by atoms with Gasteiger partial charge in [0.15, 0.2) is 5.76 Å². The summed E-state index contributed by atoms with van der Waals surface area (Å²) < 4.78 is 12.2. The van der Waals surface area contributed by atoms with E-state index in [2.05, 4.69) is 5.10 Å². The zero-order chi connectivity index (χ0) is 20.1. The molecule has 0 bridgehead atoms. The fourth-order valence-corrected chi connectivity index (χ4v) is 3.57. The number of thioether (sulfide) groups is 1. The minimum absolute atomic E-state index is 0.0366. The van der Waals surface area contributed by atoms with Crippen molar-refractivity contribution in [3.63, 3.8) is 0 Å². The molecule has 2 aromatic heterocycles. The van der Waals surface area contributed by atoms with E-state index < -0.39 is 23.1 Å². The molecule has 0 saturated carbocycles. The van der Waals surface area contributed by atoms with Crippen LogP contribution in [-0.4, -0.2) is 28.0 Å². The van der Waals surface area contributed by atoms with Crippen molar-refractivity contribution in [2.45, 2.75) is 23.0 Å². The molecule has 3 rings (SSSR count). The largest absolute Gasteiger partial charge is 0.502 e. The second-order valence-electron chi connectivity index (χ2n) is 6.17. The van der Waals surface area contributed by atoms with Gasteiger partial charge in [-0.05, 0) is 12.1 Å². The van der Waals surface area contributed by atoms with Gasteiger partial charge in [-0.25, -0.2) is 0 Å². The van der Waals surface area contributed by atoms with Crippen molar-refractivity contribution >= 4 is 17.7 Å². The Bertz CT molecular complexity index is 1010. The van der Waals surface area contributed by atoms with Gasteiger partial charge in [0.1, 0.15) is 5.76 Å². The number of hydrogen-bond acceptors (Lipinski definition) is 7. The zero-order valence-electron chi connectivity index (χ0n) is 15.5. The molecule has 146 valence electrons. The predicted octanol–water partition coefficient (Wildman–Crippen LogP) is 3.07. The van der Waals surface area contributed by atoms with Gasteiger partial charge in [0, 0.05) is 29.8 Å². The number of aryl methyl sites for hydroxylation is 1. The molecule has 0 fully saturated rings. The van der Waals surface area contributed by atoms with Crippen LogP contribution in [-0.2, 0) is 22.3 Å². The Hall–Kier alpha value is -3.00. The summed E-state index contributed by atoms with van der Waals surface area (Å²) in [6.45, 7) is 0. The lowest BCUT2D eigenvalue weighted by Crippen LogP contribution is -2.13. The van der Waals surface area contributed by atoms with Crippen molar-refractivity contribution in [3.8, 4) is 5.75 Å². The van der Waals surface area contributed by atoms with E-state index in [-0.39, 0.29) is 12.2 Å². The molecule has 1 atom stereocenters. The first kappa shape index (κ1) is 19.8. The third-order valence-corrected chi connectivity index (χ3v) is 5.20. The summed E-state index contributed by atoms with van der Waals surface area (Å²) in [6.07, 6.45) is 3.19. The molecule has 0 aliphatic rings. The maximum absolute atomic E-state index is 12.3. The Kier molecular flexibility index (Phi) is 6.20. The highest BCUT2D eigenvalue weighted by molar-refractivity contribution is 7.98. The van der Waals surface area contributed by atoms with E-state index in [1.165, 1.54) is 24.9 Å². The zero-order valence-corrected chi connectivity index (χ0v) is 16.3. The van der Waals surface area contributed by atoms with Crippen LogP contribution in [0.2, 0.25) is 0 Å². The fraction of sp³-hybridized carbons (Fsp3) is 0.250. The second kappa shape index (κ2) is 8.79. The lowest BCUT2D eigenvalue weighted by molar-refractivity contribution is -0.140. The number of carbonyl (C=O) groups is 1. The number of methoxy groups -OCH3 is 1. The SMILES string of the molecule is COC(=O)C[C@H](c1cnn(C)c1)c1oc(CSc2ccccc2)cc(=O)c1O. The Morgan fingerprint density at radius 2 is 2.11 bits per heavy atom. The van der Waals surface area contributed by atoms with Gasteiger partial charge in [0.2, 0.25) is 11.2 Å². The number of hydrogen-bond donors (Lipinski definition) is 1. The van der Waals surface area contributed by atoms with Crippen LogP contribution in [0.1, 0.15) is 29.4 Å². The summed E-state index contributed by atoms with van der Waals surface area (Å²) in [5.74, 6) is -0.827. The van der Waals surface area contributed by atoms with Gasteiger partial charge in [0.05, 0.1) is 31.4 Å². The van der Waals surface area contributed by atoms with Crippen LogP contribution in [0.15, 0.2) is 62.9 Å². The molecule has 0 amide bonds. The minimum atomic E-state index is -0.685. The molecule has 2 heterocycles. The number of aromatic nitrogens is 2. The predicted molar refractivity (Wildman–Crippen MR) is 104 cm³/mol. The highest BCUT2D eigenvalue weighted by Crippen LogP contribution is 2.34. The van der Waals surface area contributed by atoms with Gasteiger partial charge < -0.3 is 14.3 Å². The van der Waals surface area contributed by atoms with Crippen molar-refractivity contribution in [2.75, 3.05) is 7.11 Å². The molecule has 0 saturated heterocycles. The molecule has 7 nitrogen and oxygen atoms in total. The maximum atomic E-state index is 12.3. The van der Waals surface area contributed by atoms with E-state index in [1.807, 2.05) is 30.3 Å². The van der Waals surface area contributed by atoms with Crippen LogP contribution < -0.4 is 5.43 Å². The Balaban J connectivity index is 1.95. The van der Waals surface area contributed by atoms with Crippen molar-refractivity contribution in [2.24, 2.45) is 7.05 Å². The van der Waals surface area contributed by atoms with Crippen LogP contribution in [0, 0.1) is 0 Å². The highest BCUT2D eigenvalue weighted by atomic mass is 32.2. The van der Waals surface area contributed by atoms with E-state index in [0.29, 0.717) is 17.1 Å². The first-order valence-electron chi connectivity index (χ1n) is 8.57. The molecule has 0 unspecified atom stereocenters. The summed E-state index contributed by atoms with van der Waals surface area (Å²) in [5, 5.41) is 14.4. The number of aromatic hydroxyl groups is 1. The quantitative estimate of drug-likeness (QED) is 0.481. The summed E-state index contributed by atoms with van der Waals surface area (Å²) in [6, 6.07) is 11.0. The van der Waals surface area contributed by atoms with E-state index in [4.69, 9.17) is 9.15 Å². The summed E-state index contributed by atoms with van der Waals surface area (Å²) in [7, 11) is 3.02. The topological polar surface area (TPSA) is 94.6 Å². The van der Waals surface area contributed by atoms with Crippen LogP contribution in [0.25, 0.3) is 0 Å². The van der Waals surface area contributed by atoms with Crippen molar-refractivity contribution in [1.29, 1.82) is 0 Å². The second-order valence-corrected chi connectivity index (χ2v) is 7.22.